The van der Waals surface area contributed by atoms with Crippen molar-refractivity contribution in [3.05, 3.63) is 52.8 Å². The van der Waals surface area contributed by atoms with Crippen molar-refractivity contribution < 1.29 is 27.5 Å². The highest BCUT2D eigenvalue weighted by atomic mass is 32.2. The number of sulfonamides is 1. The summed E-state index contributed by atoms with van der Waals surface area (Å²) < 4.78 is 40.3. The number of ether oxygens (including phenoxy) is 2. The molecule has 1 heterocycles. The normalized spacial score (nSPS) is 12.7. The molecule has 0 unspecified atom stereocenters. The minimum absolute atomic E-state index is 0.120. The van der Waals surface area contributed by atoms with Gasteiger partial charge in [0.1, 0.15) is 5.69 Å². The SMILES string of the molecule is CCOCCCN([C@H](C)C(=O)c1c(C)c(C(=O)OCC)n(C)c1C)S(=O)(=O)c1ccccc1. The summed E-state index contributed by atoms with van der Waals surface area (Å²) in [5.41, 5.74) is 1.69. The predicted octanol–water partition coefficient (Wildman–Crippen LogP) is 3.51. The summed E-state index contributed by atoms with van der Waals surface area (Å²) in [6.07, 6.45) is 0.443. The van der Waals surface area contributed by atoms with E-state index in [1.54, 1.807) is 57.5 Å². The van der Waals surface area contributed by atoms with Crippen LogP contribution in [0.15, 0.2) is 35.2 Å². The molecular formula is C24H34N2O6S. The van der Waals surface area contributed by atoms with Crippen LogP contribution in [0.2, 0.25) is 0 Å². The topological polar surface area (TPSA) is 94.9 Å². The predicted molar refractivity (Wildman–Crippen MR) is 126 cm³/mol. The highest BCUT2D eigenvalue weighted by molar-refractivity contribution is 7.89. The van der Waals surface area contributed by atoms with Crippen LogP contribution in [0.3, 0.4) is 0 Å². The molecule has 2 aromatic rings. The van der Waals surface area contributed by atoms with E-state index < -0.39 is 22.0 Å². The third kappa shape index (κ3) is 5.72. The average Bonchev–Trinajstić information content (AvgIpc) is 3.01. The first-order chi connectivity index (χ1) is 15.6. The van der Waals surface area contributed by atoms with Crippen molar-refractivity contribution in [3.8, 4) is 0 Å². The number of hydrogen-bond donors (Lipinski definition) is 0. The van der Waals surface area contributed by atoms with E-state index in [9.17, 15) is 18.0 Å². The number of carbonyl (C=O) groups excluding carboxylic acids is 2. The molecule has 1 atom stereocenters. The number of rotatable bonds is 12. The van der Waals surface area contributed by atoms with E-state index in [4.69, 9.17) is 9.47 Å². The molecule has 8 nitrogen and oxygen atoms in total. The number of Topliss-reactive ketones (excluding diaryl/α,β-unsaturated/α-hetero) is 1. The Kier molecular flexibility index (Phi) is 9.39. The van der Waals surface area contributed by atoms with E-state index in [1.165, 1.54) is 16.4 Å². The molecule has 9 heteroatoms. The van der Waals surface area contributed by atoms with Crippen LogP contribution in [0.25, 0.3) is 0 Å². The van der Waals surface area contributed by atoms with Gasteiger partial charge in [-0.3, -0.25) is 4.79 Å². The van der Waals surface area contributed by atoms with Gasteiger partial charge in [-0.05, 0) is 58.7 Å². The lowest BCUT2D eigenvalue weighted by atomic mass is 10.0. The third-order valence-corrected chi connectivity index (χ3v) is 7.66. The second-order valence-corrected chi connectivity index (χ2v) is 9.62. The fraction of sp³-hybridized carbons (Fsp3) is 0.500. The Morgan fingerprint density at radius 3 is 2.30 bits per heavy atom. The molecule has 0 aliphatic carbocycles. The van der Waals surface area contributed by atoms with E-state index in [1.807, 2.05) is 6.92 Å². The monoisotopic (exact) mass is 478 g/mol. The first-order valence-electron chi connectivity index (χ1n) is 11.1. The Morgan fingerprint density at radius 2 is 1.73 bits per heavy atom. The van der Waals surface area contributed by atoms with Crippen molar-refractivity contribution in [1.29, 1.82) is 0 Å². The summed E-state index contributed by atoms with van der Waals surface area (Å²) in [4.78, 5) is 26.2. The van der Waals surface area contributed by atoms with Crippen LogP contribution >= 0.6 is 0 Å². The van der Waals surface area contributed by atoms with Crippen LogP contribution in [-0.2, 0) is 26.5 Å². The van der Waals surface area contributed by atoms with E-state index in [0.717, 1.165) is 0 Å². The molecule has 0 N–H and O–H groups in total. The highest BCUT2D eigenvalue weighted by Crippen LogP contribution is 2.27. The summed E-state index contributed by atoms with van der Waals surface area (Å²) in [7, 11) is -2.24. The van der Waals surface area contributed by atoms with Crippen LogP contribution in [-0.4, -0.2) is 61.4 Å². The Bertz CT molecular complexity index is 1080. The van der Waals surface area contributed by atoms with E-state index in [2.05, 4.69) is 0 Å². The number of hydrogen-bond acceptors (Lipinski definition) is 6. The number of esters is 1. The molecule has 0 fully saturated rings. The van der Waals surface area contributed by atoms with E-state index in [0.29, 0.717) is 42.1 Å². The molecule has 33 heavy (non-hydrogen) atoms. The second kappa shape index (κ2) is 11.6. The molecule has 0 saturated heterocycles. The van der Waals surface area contributed by atoms with Gasteiger partial charge >= 0.3 is 5.97 Å². The van der Waals surface area contributed by atoms with E-state index in [-0.39, 0.29) is 23.8 Å². The van der Waals surface area contributed by atoms with Crippen molar-refractivity contribution in [2.45, 2.75) is 52.0 Å². The largest absolute Gasteiger partial charge is 0.461 e. The molecule has 1 aromatic heterocycles. The van der Waals surface area contributed by atoms with Crippen LogP contribution in [0, 0.1) is 13.8 Å². The van der Waals surface area contributed by atoms with Gasteiger partial charge in [-0.1, -0.05) is 18.2 Å². The van der Waals surface area contributed by atoms with Crippen molar-refractivity contribution in [2.75, 3.05) is 26.4 Å². The maximum absolute atomic E-state index is 13.6. The summed E-state index contributed by atoms with van der Waals surface area (Å²) >= 11 is 0. The minimum atomic E-state index is -3.94. The van der Waals surface area contributed by atoms with E-state index >= 15 is 0 Å². The Balaban J connectivity index is 2.48. The maximum atomic E-state index is 13.6. The van der Waals surface area contributed by atoms with Crippen molar-refractivity contribution in [2.24, 2.45) is 7.05 Å². The molecule has 0 radical (unpaired) electrons. The van der Waals surface area contributed by atoms with Gasteiger partial charge in [0.25, 0.3) is 0 Å². The van der Waals surface area contributed by atoms with Gasteiger partial charge < -0.3 is 14.0 Å². The lowest BCUT2D eigenvalue weighted by Crippen LogP contribution is -2.44. The number of ketones is 1. The third-order valence-electron chi connectivity index (χ3n) is 5.68. The van der Waals surface area contributed by atoms with Crippen molar-refractivity contribution in [1.82, 2.24) is 8.87 Å². The molecule has 0 spiro atoms. The first-order valence-corrected chi connectivity index (χ1v) is 12.5. The van der Waals surface area contributed by atoms with Gasteiger partial charge in [0.05, 0.1) is 17.5 Å². The number of aromatic nitrogens is 1. The van der Waals surface area contributed by atoms with Gasteiger partial charge in [0.15, 0.2) is 5.78 Å². The van der Waals surface area contributed by atoms with Crippen LogP contribution in [0.4, 0.5) is 0 Å². The molecular weight excluding hydrogens is 444 g/mol. The van der Waals surface area contributed by atoms with Gasteiger partial charge in [0.2, 0.25) is 10.0 Å². The number of nitrogens with zero attached hydrogens (tertiary/aromatic N) is 2. The van der Waals surface area contributed by atoms with Crippen LogP contribution in [0.5, 0.6) is 0 Å². The molecule has 0 aliphatic heterocycles. The zero-order valence-corrected chi connectivity index (χ0v) is 21.1. The first kappa shape index (κ1) is 26.8. The summed E-state index contributed by atoms with van der Waals surface area (Å²) in [6, 6.07) is 7.08. The lowest BCUT2D eigenvalue weighted by molar-refractivity contribution is 0.0514. The smallest absolute Gasteiger partial charge is 0.355 e. The van der Waals surface area contributed by atoms with Crippen molar-refractivity contribution >= 4 is 21.8 Å². The summed E-state index contributed by atoms with van der Waals surface area (Å²) in [5, 5.41) is 0. The zero-order chi connectivity index (χ0) is 24.8. The standard InChI is InChI=1S/C24H34N2O6S/c1-7-31-16-12-15-26(33(29,30)20-13-10-9-11-14-20)19(5)23(27)21-17(3)22(24(28)32-8-2)25(6)18(21)4/h9-11,13-14,19H,7-8,12,15-16H2,1-6H3/t19-/m1/s1. The van der Waals surface area contributed by atoms with Gasteiger partial charge in [-0.25, -0.2) is 13.2 Å². The molecule has 0 aliphatic rings. The molecule has 1 aromatic carbocycles. The fourth-order valence-corrected chi connectivity index (χ4v) is 5.54. The molecule has 0 saturated carbocycles. The molecule has 2 rings (SSSR count). The second-order valence-electron chi connectivity index (χ2n) is 7.73. The van der Waals surface area contributed by atoms with Crippen LogP contribution < -0.4 is 0 Å². The maximum Gasteiger partial charge on any atom is 0.355 e. The zero-order valence-electron chi connectivity index (χ0n) is 20.3. The molecule has 0 bridgehead atoms. The Labute approximate surface area is 196 Å². The van der Waals surface area contributed by atoms with Gasteiger partial charge in [-0.2, -0.15) is 4.31 Å². The minimum Gasteiger partial charge on any atom is -0.461 e. The molecule has 182 valence electrons. The summed E-state index contributed by atoms with van der Waals surface area (Å²) in [5.74, 6) is -0.884. The molecule has 0 amide bonds. The van der Waals surface area contributed by atoms with Crippen molar-refractivity contribution in [3.63, 3.8) is 0 Å². The number of benzene rings is 1. The number of carbonyl (C=O) groups is 2. The summed E-state index contributed by atoms with van der Waals surface area (Å²) in [6.45, 7) is 9.83. The average molecular weight is 479 g/mol. The Morgan fingerprint density at radius 1 is 1.09 bits per heavy atom. The van der Waals surface area contributed by atoms with Gasteiger partial charge in [-0.15, -0.1) is 0 Å². The highest BCUT2D eigenvalue weighted by Gasteiger charge is 2.36. The fourth-order valence-electron chi connectivity index (χ4n) is 3.89. The van der Waals surface area contributed by atoms with Crippen LogP contribution in [0.1, 0.15) is 59.3 Å². The lowest BCUT2D eigenvalue weighted by Gasteiger charge is -2.28. The quantitative estimate of drug-likeness (QED) is 0.263. The van der Waals surface area contributed by atoms with Gasteiger partial charge in [0, 0.05) is 38.1 Å². The Hall–Kier alpha value is -2.49.